The topological polar surface area (TPSA) is 106 Å². The molecule has 2 rings (SSSR count). The first kappa shape index (κ1) is 22.4. The van der Waals surface area contributed by atoms with Crippen molar-refractivity contribution >= 4 is 17.6 Å². The molecule has 1 aromatic carbocycles. The van der Waals surface area contributed by atoms with E-state index in [2.05, 4.69) is 10.2 Å². The lowest BCUT2D eigenvalue weighted by Gasteiger charge is -2.33. The minimum atomic E-state index is -0.570. The molecular formula is C21H28N4O4. The first-order valence-electron chi connectivity index (χ1n) is 9.85. The van der Waals surface area contributed by atoms with Crippen LogP contribution in [0.1, 0.15) is 30.1 Å². The van der Waals surface area contributed by atoms with Crippen molar-refractivity contribution in [2.75, 3.05) is 51.3 Å². The molecule has 1 aliphatic heterocycles. The maximum atomic E-state index is 12.6. The second-order valence-electron chi connectivity index (χ2n) is 6.74. The zero-order valence-electron chi connectivity index (χ0n) is 16.8. The van der Waals surface area contributed by atoms with E-state index in [0.717, 1.165) is 25.9 Å². The van der Waals surface area contributed by atoms with E-state index < -0.39 is 11.9 Å². The third-order valence-electron chi connectivity index (χ3n) is 4.63. The van der Waals surface area contributed by atoms with Gasteiger partial charge >= 0.3 is 5.97 Å². The van der Waals surface area contributed by atoms with Gasteiger partial charge in [0.15, 0.2) is 0 Å². The molecule has 1 fully saturated rings. The van der Waals surface area contributed by atoms with Crippen LogP contribution >= 0.6 is 0 Å². The van der Waals surface area contributed by atoms with Gasteiger partial charge < -0.3 is 20.1 Å². The Morgan fingerprint density at radius 2 is 2.00 bits per heavy atom. The van der Waals surface area contributed by atoms with E-state index >= 15 is 0 Å². The number of esters is 1. The largest absolute Gasteiger partial charge is 0.462 e. The number of unbranched alkanes of at least 4 members (excludes halogenated alkanes) is 1. The molecule has 1 aromatic rings. The van der Waals surface area contributed by atoms with Crippen molar-refractivity contribution in [3.63, 3.8) is 0 Å². The lowest BCUT2D eigenvalue weighted by atomic mass is 10.1. The van der Waals surface area contributed by atoms with Gasteiger partial charge in [0.25, 0.3) is 5.91 Å². The van der Waals surface area contributed by atoms with Gasteiger partial charge in [0.1, 0.15) is 11.6 Å². The molecule has 0 bridgehead atoms. The number of anilines is 1. The maximum absolute atomic E-state index is 12.6. The lowest BCUT2D eigenvalue weighted by Crippen LogP contribution is -2.45. The standard InChI is InChI=1S/C21H28N4O4/c1-2-3-14-29-21(28)18-6-4-5-7-19(18)23-20(27)17(15-22)16-25-10-8-24(9-11-25)12-13-26/h4-7,16,26H,2-3,8-14H2,1H3,(H,23,27)/b17-16-. The van der Waals surface area contributed by atoms with Crippen molar-refractivity contribution in [3.8, 4) is 6.07 Å². The summed E-state index contributed by atoms with van der Waals surface area (Å²) < 4.78 is 5.23. The number of hydrogen-bond acceptors (Lipinski definition) is 7. The molecule has 8 nitrogen and oxygen atoms in total. The van der Waals surface area contributed by atoms with Gasteiger partial charge in [-0.1, -0.05) is 25.5 Å². The quantitative estimate of drug-likeness (QED) is 0.281. The first-order chi connectivity index (χ1) is 14.1. The fourth-order valence-corrected chi connectivity index (χ4v) is 2.93. The SMILES string of the molecule is CCCCOC(=O)c1ccccc1NC(=O)/C(C#N)=C\N1CCN(CCO)CC1. The highest BCUT2D eigenvalue weighted by atomic mass is 16.5. The maximum Gasteiger partial charge on any atom is 0.340 e. The number of aliphatic hydroxyl groups excluding tert-OH is 1. The Morgan fingerprint density at radius 1 is 1.28 bits per heavy atom. The summed E-state index contributed by atoms with van der Waals surface area (Å²) in [6.07, 6.45) is 3.23. The predicted octanol–water partition coefficient (Wildman–Crippen LogP) is 1.60. The number of rotatable bonds is 9. The predicted molar refractivity (Wildman–Crippen MR) is 109 cm³/mol. The van der Waals surface area contributed by atoms with Gasteiger partial charge in [-0.05, 0) is 18.6 Å². The van der Waals surface area contributed by atoms with Crippen LogP contribution < -0.4 is 5.32 Å². The van der Waals surface area contributed by atoms with Gasteiger partial charge in [0.05, 0.1) is 24.5 Å². The Kier molecular flexibility index (Phi) is 9.15. The molecule has 156 valence electrons. The van der Waals surface area contributed by atoms with Crippen LogP contribution in [0.3, 0.4) is 0 Å². The summed E-state index contributed by atoms with van der Waals surface area (Å²) in [7, 11) is 0. The minimum absolute atomic E-state index is 0.0326. The molecule has 0 spiro atoms. The van der Waals surface area contributed by atoms with Gasteiger partial charge in [0.2, 0.25) is 0 Å². The van der Waals surface area contributed by atoms with E-state index in [1.54, 1.807) is 30.5 Å². The van der Waals surface area contributed by atoms with Gasteiger partial charge in [-0.3, -0.25) is 9.69 Å². The van der Waals surface area contributed by atoms with Crippen molar-refractivity contribution in [2.45, 2.75) is 19.8 Å². The number of nitrogens with zero attached hydrogens (tertiary/aromatic N) is 3. The van der Waals surface area contributed by atoms with Crippen LogP contribution in [0, 0.1) is 11.3 Å². The summed E-state index contributed by atoms with van der Waals surface area (Å²) in [6, 6.07) is 8.52. The molecule has 1 amide bonds. The smallest absolute Gasteiger partial charge is 0.340 e. The number of carbonyl (C=O) groups is 2. The Bertz CT molecular complexity index is 764. The lowest BCUT2D eigenvalue weighted by molar-refractivity contribution is -0.112. The van der Waals surface area contributed by atoms with Gasteiger partial charge in [-0.25, -0.2) is 4.79 Å². The van der Waals surface area contributed by atoms with Crippen LogP contribution in [-0.4, -0.2) is 72.7 Å². The van der Waals surface area contributed by atoms with Crippen LogP contribution in [-0.2, 0) is 9.53 Å². The van der Waals surface area contributed by atoms with Crippen LogP contribution in [0.4, 0.5) is 5.69 Å². The monoisotopic (exact) mass is 400 g/mol. The highest BCUT2D eigenvalue weighted by Crippen LogP contribution is 2.18. The summed E-state index contributed by atoms with van der Waals surface area (Å²) in [5.74, 6) is -1.07. The molecule has 0 radical (unpaired) electrons. The van der Waals surface area contributed by atoms with Crippen LogP contribution in [0.25, 0.3) is 0 Å². The molecule has 0 atom stereocenters. The van der Waals surface area contributed by atoms with E-state index in [9.17, 15) is 14.9 Å². The number of carbonyl (C=O) groups excluding carboxylic acids is 2. The molecule has 0 unspecified atom stereocenters. The highest BCUT2D eigenvalue weighted by Gasteiger charge is 2.19. The molecule has 0 aliphatic carbocycles. The molecule has 1 heterocycles. The van der Waals surface area contributed by atoms with Crippen LogP contribution in [0.5, 0.6) is 0 Å². The molecule has 29 heavy (non-hydrogen) atoms. The van der Waals surface area contributed by atoms with Crippen molar-refractivity contribution in [2.24, 2.45) is 0 Å². The average Bonchev–Trinajstić information content (AvgIpc) is 2.73. The summed E-state index contributed by atoms with van der Waals surface area (Å²) >= 11 is 0. The average molecular weight is 400 g/mol. The Labute approximate surface area is 171 Å². The van der Waals surface area contributed by atoms with Crippen molar-refractivity contribution in [1.82, 2.24) is 9.80 Å². The normalized spacial score (nSPS) is 14.9. The zero-order valence-corrected chi connectivity index (χ0v) is 16.8. The number of para-hydroxylation sites is 1. The third-order valence-corrected chi connectivity index (χ3v) is 4.63. The minimum Gasteiger partial charge on any atom is -0.462 e. The van der Waals surface area contributed by atoms with Crippen LogP contribution in [0.2, 0.25) is 0 Å². The molecule has 8 heteroatoms. The van der Waals surface area contributed by atoms with Crippen molar-refractivity contribution in [3.05, 3.63) is 41.6 Å². The van der Waals surface area contributed by atoms with Gasteiger partial charge in [-0.15, -0.1) is 0 Å². The molecule has 2 N–H and O–H groups in total. The summed E-state index contributed by atoms with van der Waals surface area (Å²) in [6.45, 7) is 5.90. The zero-order chi connectivity index (χ0) is 21.1. The number of ether oxygens (including phenoxy) is 1. The van der Waals surface area contributed by atoms with Crippen molar-refractivity contribution in [1.29, 1.82) is 5.26 Å². The Morgan fingerprint density at radius 3 is 2.66 bits per heavy atom. The summed E-state index contributed by atoms with van der Waals surface area (Å²) in [5.41, 5.74) is 0.537. The number of amides is 1. The van der Waals surface area contributed by atoms with E-state index in [1.165, 1.54) is 0 Å². The molecule has 1 saturated heterocycles. The molecule has 0 aromatic heterocycles. The van der Waals surface area contributed by atoms with E-state index in [1.807, 2.05) is 17.9 Å². The summed E-state index contributed by atoms with van der Waals surface area (Å²) in [5, 5.41) is 21.1. The Hall–Kier alpha value is -2.89. The second kappa shape index (κ2) is 11.8. The number of hydrogen-bond donors (Lipinski definition) is 2. The van der Waals surface area contributed by atoms with Crippen molar-refractivity contribution < 1.29 is 19.4 Å². The first-order valence-corrected chi connectivity index (χ1v) is 9.85. The van der Waals surface area contributed by atoms with E-state index in [-0.39, 0.29) is 17.7 Å². The van der Waals surface area contributed by atoms with Crippen LogP contribution in [0.15, 0.2) is 36.0 Å². The number of piperazine rings is 1. The van der Waals surface area contributed by atoms with Gasteiger partial charge in [-0.2, -0.15) is 5.26 Å². The van der Waals surface area contributed by atoms with E-state index in [4.69, 9.17) is 9.84 Å². The fourth-order valence-electron chi connectivity index (χ4n) is 2.93. The number of β-amino-alcohol motifs (C(OH)–C–C–N with tert-alkyl or cyclic N) is 1. The number of benzene rings is 1. The highest BCUT2D eigenvalue weighted by molar-refractivity contribution is 6.09. The molecular weight excluding hydrogens is 372 g/mol. The Balaban J connectivity index is 2.03. The molecule has 0 saturated carbocycles. The number of nitrogens with one attached hydrogen (secondary N) is 1. The number of aliphatic hydroxyl groups is 1. The third kappa shape index (κ3) is 6.89. The molecule has 1 aliphatic rings. The summed E-state index contributed by atoms with van der Waals surface area (Å²) in [4.78, 5) is 28.9. The van der Waals surface area contributed by atoms with Gasteiger partial charge in [0, 0.05) is 38.9 Å². The number of nitriles is 1. The second-order valence-corrected chi connectivity index (χ2v) is 6.74. The fraction of sp³-hybridized carbons (Fsp3) is 0.476. The van der Waals surface area contributed by atoms with E-state index in [0.29, 0.717) is 31.9 Å².